The van der Waals surface area contributed by atoms with Gasteiger partial charge in [0.15, 0.2) is 0 Å². The molecule has 0 radical (unpaired) electrons. The van der Waals surface area contributed by atoms with E-state index in [4.69, 9.17) is 15.6 Å². The van der Waals surface area contributed by atoms with Gasteiger partial charge in [0.25, 0.3) is 0 Å². The molecule has 0 bridgehead atoms. The molecular formula is C15H16N2O3. The smallest absolute Gasteiger partial charge is 0.404 e. The number of ether oxygens (including phenoxy) is 1. The van der Waals surface area contributed by atoms with Crippen molar-refractivity contribution in [1.82, 2.24) is 5.32 Å². The Morgan fingerprint density at radius 2 is 1.60 bits per heavy atom. The maximum atomic E-state index is 10.3. The molecule has 0 aliphatic rings. The first-order valence-electron chi connectivity index (χ1n) is 6.21. The van der Waals surface area contributed by atoms with Crippen LogP contribution in [0, 0.1) is 0 Å². The van der Waals surface area contributed by atoms with Gasteiger partial charge < -0.3 is 20.9 Å². The van der Waals surface area contributed by atoms with Crippen molar-refractivity contribution in [3.8, 4) is 16.9 Å². The SMILES string of the molecule is Nc1ccc(-c2ccc(OCCNC(=O)O)cc2)cc1. The number of carboxylic acid groups (broad SMARTS) is 1. The molecule has 5 heteroatoms. The van der Waals surface area contributed by atoms with E-state index in [1.807, 2.05) is 48.5 Å². The molecule has 2 aromatic rings. The number of anilines is 1. The van der Waals surface area contributed by atoms with Crippen LogP contribution >= 0.6 is 0 Å². The Balaban J connectivity index is 1.92. The van der Waals surface area contributed by atoms with Crippen molar-refractivity contribution >= 4 is 11.8 Å². The predicted molar refractivity (Wildman–Crippen MR) is 77.8 cm³/mol. The highest BCUT2D eigenvalue weighted by molar-refractivity contribution is 5.66. The van der Waals surface area contributed by atoms with Gasteiger partial charge in [0, 0.05) is 5.69 Å². The third kappa shape index (κ3) is 3.91. The largest absolute Gasteiger partial charge is 0.492 e. The zero-order chi connectivity index (χ0) is 14.4. The molecule has 104 valence electrons. The number of benzene rings is 2. The lowest BCUT2D eigenvalue weighted by Gasteiger charge is -2.07. The number of carbonyl (C=O) groups is 1. The summed E-state index contributed by atoms with van der Waals surface area (Å²) in [6.07, 6.45) is -1.05. The van der Waals surface area contributed by atoms with Crippen LogP contribution in [0.5, 0.6) is 5.75 Å². The van der Waals surface area contributed by atoms with Crippen LogP contribution in [0.2, 0.25) is 0 Å². The zero-order valence-corrected chi connectivity index (χ0v) is 10.9. The second-order valence-electron chi connectivity index (χ2n) is 4.23. The Kier molecular flexibility index (Phi) is 4.44. The van der Waals surface area contributed by atoms with E-state index in [0.717, 1.165) is 16.8 Å². The molecule has 20 heavy (non-hydrogen) atoms. The molecule has 0 unspecified atom stereocenters. The number of rotatable bonds is 5. The van der Waals surface area contributed by atoms with Gasteiger partial charge in [-0.15, -0.1) is 0 Å². The van der Waals surface area contributed by atoms with Gasteiger partial charge in [-0.2, -0.15) is 0 Å². The molecular weight excluding hydrogens is 256 g/mol. The Bertz CT molecular complexity index is 565. The van der Waals surface area contributed by atoms with Gasteiger partial charge in [-0.25, -0.2) is 4.79 Å². The van der Waals surface area contributed by atoms with Crippen molar-refractivity contribution in [1.29, 1.82) is 0 Å². The first-order chi connectivity index (χ1) is 9.65. The second-order valence-corrected chi connectivity index (χ2v) is 4.23. The number of nitrogens with two attached hydrogens (primary N) is 1. The fraction of sp³-hybridized carbons (Fsp3) is 0.133. The lowest BCUT2D eigenvalue weighted by atomic mass is 10.1. The summed E-state index contributed by atoms with van der Waals surface area (Å²) in [7, 11) is 0. The van der Waals surface area contributed by atoms with Crippen LogP contribution in [0.1, 0.15) is 0 Å². The summed E-state index contributed by atoms with van der Waals surface area (Å²) in [5.74, 6) is 0.705. The first kappa shape index (κ1) is 13.7. The van der Waals surface area contributed by atoms with Gasteiger partial charge in [0.2, 0.25) is 0 Å². The molecule has 0 fully saturated rings. The highest BCUT2D eigenvalue weighted by atomic mass is 16.5. The topological polar surface area (TPSA) is 84.6 Å². The van der Waals surface area contributed by atoms with Gasteiger partial charge in [-0.05, 0) is 35.4 Å². The molecule has 0 saturated heterocycles. The Morgan fingerprint density at radius 1 is 1.05 bits per heavy atom. The van der Waals surface area contributed by atoms with E-state index < -0.39 is 6.09 Å². The summed E-state index contributed by atoms with van der Waals surface area (Å²) >= 11 is 0. The van der Waals surface area contributed by atoms with E-state index in [1.54, 1.807) is 0 Å². The number of nitrogen functional groups attached to an aromatic ring is 1. The maximum absolute atomic E-state index is 10.3. The van der Waals surface area contributed by atoms with Crippen LogP contribution in [0.15, 0.2) is 48.5 Å². The van der Waals surface area contributed by atoms with Crippen molar-refractivity contribution in [3.63, 3.8) is 0 Å². The standard InChI is InChI=1S/C15H16N2O3/c16-13-5-1-11(2-6-13)12-3-7-14(8-4-12)20-10-9-17-15(18)19/h1-8,17H,9-10,16H2,(H,18,19). The van der Waals surface area contributed by atoms with Crippen molar-refractivity contribution in [2.75, 3.05) is 18.9 Å². The third-order valence-electron chi connectivity index (χ3n) is 2.75. The Hall–Kier alpha value is -2.69. The third-order valence-corrected chi connectivity index (χ3v) is 2.75. The fourth-order valence-corrected chi connectivity index (χ4v) is 1.75. The summed E-state index contributed by atoms with van der Waals surface area (Å²) in [4.78, 5) is 10.3. The molecule has 5 nitrogen and oxygen atoms in total. The highest BCUT2D eigenvalue weighted by Crippen LogP contribution is 2.23. The summed E-state index contributed by atoms with van der Waals surface area (Å²) < 4.78 is 5.42. The van der Waals surface area contributed by atoms with E-state index in [0.29, 0.717) is 12.4 Å². The summed E-state index contributed by atoms with van der Waals surface area (Å²) in [5.41, 5.74) is 8.54. The van der Waals surface area contributed by atoms with E-state index >= 15 is 0 Å². The van der Waals surface area contributed by atoms with Gasteiger partial charge in [-0.1, -0.05) is 24.3 Å². The number of hydrogen-bond acceptors (Lipinski definition) is 3. The van der Waals surface area contributed by atoms with Gasteiger partial charge in [0.05, 0.1) is 6.54 Å². The molecule has 4 N–H and O–H groups in total. The Morgan fingerprint density at radius 3 is 2.15 bits per heavy atom. The average Bonchev–Trinajstić information content (AvgIpc) is 2.45. The van der Waals surface area contributed by atoms with E-state index in [1.165, 1.54) is 0 Å². The maximum Gasteiger partial charge on any atom is 0.404 e. The number of amides is 1. The van der Waals surface area contributed by atoms with Crippen LogP contribution in [-0.4, -0.2) is 24.4 Å². The molecule has 2 aromatic carbocycles. The van der Waals surface area contributed by atoms with Crippen molar-refractivity contribution in [3.05, 3.63) is 48.5 Å². The van der Waals surface area contributed by atoms with Crippen LogP contribution in [0.25, 0.3) is 11.1 Å². The summed E-state index contributed by atoms with van der Waals surface area (Å²) in [5, 5.41) is 10.7. The van der Waals surface area contributed by atoms with Crippen molar-refractivity contribution < 1.29 is 14.6 Å². The Labute approximate surface area is 117 Å². The molecule has 0 saturated carbocycles. The molecule has 0 spiro atoms. The summed E-state index contributed by atoms with van der Waals surface area (Å²) in [6, 6.07) is 15.2. The zero-order valence-electron chi connectivity index (χ0n) is 10.9. The molecule has 0 aliphatic heterocycles. The molecule has 0 atom stereocenters. The molecule has 1 amide bonds. The van der Waals surface area contributed by atoms with Gasteiger partial charge in [0.1, 0.15) is 12.4 Å². The minimum absolute atomic E-state index is 0.259. The first-order valence-corrected chi connectivity index (χ1v) is 6.21. The lowest BCUT2D eigenvalue weighted by Crippen LogP contribution is -2.26. The van der Waals surface area contributed by atoms with E-state index in [2.05, 4.69) is 5.32 Å². The summed E-state index contributed by atoms with van der Waals surface area (Å²) in [6.45, 7) is 0.558. The average molecular weight is 272 g/mol. The quantitative estimate of drug-likeness (QED) is 0.577. The van der Waals surface area contributed by atoms with Crippen LogP contribution in [0.3, 0.4) is 0 Å². The molecule has 0 aliphatic carbocycles. The molecule has 0 aromatic heterocycles. The highest BCUT2D eigenvalue weighted by Gasteiger charge is 1.99. The van der Waals surface area contributed by atoms with Crippen LogP contribution in [0.4, 0.5) is 10.5 Å². The molecule has 2 rings (SSSR count). The monoisotopic (exact) mass is 272 g/mol. The number of hydrogen-bond donors (Lipinski definition) is 3. The van der Waals surface area contributed by atoms with Crippen molar-refractivity contribution in [2.24, 2.45) is 0 Å². The molecule has 0 heterocycles. The fourth-order valence-electron chi connectivity index (χ4n) is 1.75. The van der Waals surface area contributed by atoms with E-state index in [-0.39, 0.29) is 6.54 Å². The lowest BCUT2D eigenvalue weighted by molar-refractivity contribution is 0.191. The van der Waals surface area contributed by atoms with Crippen LogP contribution in [-0.2, 0) is 0 Å². The van der Waals surface area contributed by atoms with Crippen LogP contribution < -0.4 is 15.8 Å². The normalized spacial score (nSPS) is 10.0. The van der Waals surface area contributed by atoms with Gasteiger partial charge in [-0.3, -0.25) is 0 Å². The minimum Gasteiger partial charge on any atom is -0.492 e. The van der Waals surface area contributed by atoms with E-state index in [9.17, 15) is 4.79 Å². The number of nitrogens with one attached hydrogen (secondary N) is 1. The van der Waals surface area contributed by atoms with Crippen molar-refractivity contribution in [2.45, 2.75) is 0 Å². The minimum atomic E-state index is -1.05. The predicted octanol–water partition coefficient (Wildman–Crippen LogP) is 2.58. The van der Waals surface area contributed by atoms with Gasteiger partial charge >= 0.3 is 6.09 Å². The second kappa shape index (κ2) is 6.47.